The lowest BCUT2D eigenvalue weighted by Crippen LogP contribution is -2.34. The molecule has 1 atom stereocenters. The molecule has 3 aromatic rings. The highest BCUT2D eigenvalue weighted by atomic mass is 35.5. The van der Waals surface area contributed by atoms with Crippen LogP contribution in [0.15, 0.2) is 41.5 Å². The van der Waals surface area contributed by atoms with Gasteiger partial charge in [-0.05, 0) is 36.8 Å². The topological polar surface area (TPSA) is 84.8 Å². The fourth-order valence-corrected chi connectivity index (χ4v) is 3.74. The summed E-state index contributed by atoms with van der Waals surface area (Å²) in [5.74, 6) is 0.796. The van der Waals surface area contributed by atoms with Crippen LogP contribution in [0.25, 0.3) is 10.2 Å². The van der Waals surface area contributed by atoms with E-state index < -0.39 is 6.04 Å². The van der Waals surface area contributed by atoms with Gasteiger partial charge in [0.2, 0.25) is 6.79 Å². The Morgan fingerprint density at radius 1 is 1.37 bits per heavy atom. The molecule has 2 heterocycles. The molecule has 1 aromatic heterocycles. The number of hydrogen-bond donors (Lipinski definition) is 2. The Morgan fingerprint density at radius 3 is 3.07 bits per heavy atom. The minimum Gasteiger partial charge on any atom is -0.454 e. The second-order valence-corrected chi connectivity index (χ2v) is 7.26. The molecule has 4 rings (SSSR count). The van der Waals surface area contributed by atoms with Gasteiger partial charge in [-0.3, -0.25) is 4.79 Å². The van der Waals surface area contributed by atoms with Crippen LogP contribution in [0.3, 0.4) is 0 Å². The number of carbonyl (C=O) groups excluding carboxylic acids is 1. The third kappa shape index (κ3) is 3.81. The number of hydrogen-bond acceptors (Lipinski definition) is 7. The number of carbonyl (C=O) groups is 1. The zero-order valence-electron chi connectivity index (χ0n) is 14.2. The van der Waals surface area contributed by atoms with Crippen LogP contribution in [-0.4, -0.2) is 29.9 Å². The van der Waals surface area contributed by atoms with E-state index in [2.05, 4.69) is 20.8 Å². The summed E-state index contributed by atoms with van der Waals surface area (Å²) in [6, 6.07) is 10.7. The van der Waals surface area contributed by atoms with Crippen molar-refractivity contribution in [3.63, 3.8) is 0 Å². The van der Waals surface area contributed by atoms with Gasteiger partial charge in [0, 0.05) is 0 Å². The summed E-state index contributed by atoms with van der Waals surface area (Å²) in [6.45, 7) is 1.88. The summed E-state index contributed by atoms with van der Waals surface area (Å²) in [7, 11) is 0. The molecular formula is C18H15ClN4O3S. The lowest BCUT2D eigenvalue weighted by atomic mass is 10.2. The van der Waals surface area contributed by atoms with Crippen molar-refractivity contribution in [1.29, 1.82) is 0 Å². The lowest BCUT2D eigenvalue weighted by molar-refractivity contribution is -0.121. The molecule has 2 N–H and O–H groups in total. The van der Waals surface area contributed by atoms with E-state index in [-0.39, 0.29) is 12.7 Å². The summed E-state index contributed by atoms with van der Waals surface area (Å²) in [4.78, 5) is 16.7. The number of ether oxygens (including phenoxy) is 2. The van der Waals surface area contributed by atoms with Gasteiger partial charge in [-0.15, -0.1) is 0 Å². The van der Waals surface area contributed by atoms with Crippen molar-refractivity contribution in [2.24, 2.45) is 5.10 Å². The molecule has 0 unspecified atom stereocenters. The molecule has 138 valence electrons. The standard InChI is InChI=1S/C18H15ClN4O3S/c1-10(21-18-22-13-4-2-3-5-15(13)27-18)17(24)23-20-8-11-6-12(19)16-14(7-11)25-9-26-16/h2-8,10H,9H2,1H3,(H,21,22)(H,23,24)/b20-8-/t10-/m1/s1. The fourth-order valence-electron chi connectivity index (χ4n) is 2.51. The summed E-state index contributed by atoms with van der Waals surface area (Å²) < 4.78 is 11.6. The zero-order chi connectivity index (χ0) is 18.8. The predicted octanol–water partition coefficient (Wildman–Crippen LogP) is 3.63. The summed E-state index contributed by atoms with van der Waals surface area (Å²) in [5, 5.41) is 8.18. The van der Waals surface area contributed by atoms with Crippen molar-refractivity contribution in [3.8, 4) is 11.5 Å². The average molecular weight is 403 g/mol. The number of benzene rings is 2. The quantitative estimate of drug-likeness (QED) is 0.503. The van der Waals surface area contributed by atoms with Crippen molar-refractivity contribution in [1.82, 2.24) is 10.4 Å². The number of amides is 1. The van der Waals surface area contributed by atoms with E-state index in [1.165, 1.54) is 17.6 Å². The van der Waals surface area contributed by atoms with Crippen LogP contribution in [0, 0.1) is 0 Å². The number of fused-ring (bicyclic) bond motifs is 2. The first-order valence-corrected chi connectivity index (χ1v) is 9.34. The molecule has 27 heavy (non-hydrogen) atoms. The monoisotopic (exact) mass is 402 g/mol. The highest BCUT2D eigenvalue weighted by molar-refractivity contribution is 7.22. The minimum absolute atomic E-state index is 0.140. The number of nitrogens with one attached hydrogen (secondary N) is 2. The smallest absolute Gasteiger partial charge is 0.262 e. The number of rotatable bonds is 5. The summed E-state index contributed by atoms with van der Waals surface area (Å²) in [5.41, 5.74) is 4.09. The van der Waals surface area contributed by atoms with E-state index in [1.54, 1.807) is 19.1 Å². The van der Waals surface area contributed by atoms with Gasteiger partial charge < -0.3 is 14.8 Å². The second-order valence-electron chi connectivity index (χ2n) is 5.82. The molecule has 0 bridgehead atoms. The summed E-state index contributed by atoms with van der Waals surface area (Å²) >= 11 is 7.62. The number of hydrazone groups is 1. The normalized spacial score (nSPS) is 13.9. The molecule has 1 aliphatic heterocycles. The van der Waals surface area contributed by atoms with Gasteiger partial charge >= 0.3 is 0 Å². The first-order valence-electron chi connectivity index (χ1n) is 8.14. The van der Waals surface area contributed by atoms with E-state index in [9.17, 15) is 4.79 Å². The van der Waals surface area contributed by atoms with Crippen molar-refractivity contribution in [2.45, 2.75) is 13.0 Å². The highest BCUT2D eigenvalue weighted by Gasteiger charge is 2.18. The Kier molecular flexibility index (Phi) is 4.83. The largest absolute Gasteiger partial charge is 0.454 e. The average Bonchev–Trinajstić information content (AvgIpc) is 3.27. The molecular weight excluding hydrogens is 388 g/mol. The Bertz CT molecular complexity index is 1000. The van der Waals surface area contributed by atoms with Gasteiger partial charge in [-0.2, -0.15) is 5.10 Å². The summed E-state index contributed by atoms with van der Waals surface area (Å²) in [6.07, 6.45) is 1.50. The van der Waals surface area contributed by atoms with Crippen molar-refractivity contribution >= 4 is 50.4 Å². The maximum Gasteiger partial charge on any atom is 0.262 e. The van der Waals surface area contributed by atoms with Crippen molar-refractivity contribution in [3.05, 3.63) is 47.0 Å². The Labute approximate surface area is 164 Å². The molecule has 0 spiro atoms. The van der Waals surface area contributed by atoms with Gasteiger partial charge in [0.15, 0.2) is 16.6 Å². The Hall–Kier alpha value is -2.84. The SMILES string of the molecule is C[C@@H](Nc1nc2ccccc2s1)C(=O)N/N=C\c1cc(Cl)c2c(c1)OCO2. The number of thiazole rings is 1. The van der Waals surface area contributed by atoms with Gasteiger partial charge in [-0.25, -0.2) is 10.4 Å². The minimum atomic E-state index is -0.497. The van der Waals surface area contributed by atoms with Crippen LogP contribution in [0.2, 0.25) is 5.02 Å². The van der Waals surface area contributed by atoms with Crippen LogP contribution in [0.4, 0.5) is 5.13 Å². The van der Waals surface area contributed by atoms with Crippen LogP contribution >= 0.6 is 22.9 Å². The van der Waals surface area contributed by atoms with E-state index in [0.717, 1.165) is 10.2 Å². The first kappa shape index (κ1) is 17.6. The molecule has 1 aliphatic rings. The van der Waals surface area contributed by atoms with E-state index in [1.807, 2.05) is 24.3 Å². The van der Waals surface area contributed by atoms with E-state index in [0.29, 0.717) is 27.2 Å². The molecule has 0 saturated heterocycles. The van der Waals surface area contributed by atoms with Crippen molar-refractivity contribution < 1.29 is 14.3 Å². The Balaban J connectivity index is 1.37. The third-order valence-corrected chi connectivity index (χ3v) is 5.11. The molecule has 7 nitrogen and oxygen atoms in total. The molecule has 0 aliphatic carbocycles. The fraction of sp³-hybridized carbons (Fsp3) is 0.167. The first-order chi connectivity index (χ1) is 13.1. The second kappa shape index (κ2) is 7.42. The maximum absolute atomic E-state index is 12.2. The van der Waals surface area contributed by atoms with Crippen molar-refractivity contribution in [2.75, 3.05) is 12.1 Å². The predicted molar refractivity (Wildman–Crippen MR) is 106 cm³/mol. The maximum atomic E-state index is 12.2. The number of anilines is 1. The molecule has 2 aromatic carbocycles. The molecule has 1 amide bonds. The molecule has 9 heteroatoms. The van der Waals surface area contributed by atoms with Crippen LogP contribution in [0.1, 0.15) is 12.5 Å². The number of halogens is 1. The third-order valence-electron chi connectivity index (χ3n) is 3.87. The molecule has 0 saturated carbocycles. The Morgan fingerprint density at radius 2 is 2.22 bits per heavy atom. The van der Waals surface area contributed by atoms with Crippen LogP contribution in [0.5, 0.6) is 11.5 Å². The lowest BCUT2D eigenvalue weighted by Gasteiger charge is -2.10. The number of nitrogens with zero attached hydrogens (tertiary/aromatic N) is 2. The van der Waals surface area contributed by atoms with Gasteiger partial charge in [0.25, 0.3) is 5.91 Å². The van der Waals surface area contributed by atoms with Gasteiger partial charge in [-0.1, -0.05) is 35.1 Å². The van der Waals surface area contributed by atoms with Gasteiger partial charge in [0.1, 0.15) is 6.04 Å². The molecule has 0 fully saturated rings. The van der Waals surface area contributed by atoms with E-state index in [4.69, 9.17) is 21.1 Å². The van der Waals surface area contributed by atoms with Crippen LogP contribution in [-0.2, 0) is 4.79 Å². The molecule has 0 radical (unpaired) electrons. The van der Waals surface area contributed by atoms with Gasteiger partial charge in [0.05, 0.1) is 21.5 Å². The highest BCUT2D eigenvalue weighted by Crippen LogP contribution is 2.39. The zero-order valence-corrected chi connectivity index (χ0v) is 15.8. The number of para-hydroxylation sites is 1. The van der Waals surface area contributed by atoms with E-state index >= 15 is 0 Å². The van der Waals surface area contributed by atoms with Crippen LogP contribution < -0.4 is 20.2 Å². The number of aromatic nitrogens is 1.